The molecule has 0 saturated heterocycles. The van der Waals surface area contributed by atoms with Crippen molar-refractivity contribution in [2.45, 2.75) is 39.2 Å². The van der Waals surface area contributed by atoms with Crippen LogP contribution >= 0.6 is 23.2 Å². The quantitative estimate of drug-likeness (QED) is 0.268. The zero-order valence-electron chi connectivity index (χ0n) is 24.1. The van der Waals surface area contributed by atoms with Gasteiger partial charge in [-0.15, -0.1) is 5.10 Å². The third kappa shape index (κ3) is 5.50. The van der Waals surface area contributed by atoms with Crippen molar-refractivity contribution >= 4 is 34.8 Å². The van der Waals surface area contributed by atoms with Gasteiger partial charge in [-0.2, -0.15) is 5.10 Å². The lowest BCUT2D eigenvalue weighted by atomic mass is 9.88. The van der Waals surface area contributed by atoms with Gasteiger partial charge in [0, 0.05) is 30.8 Å². The van der Waals surface area contributed by atoms with Gasteiger partial charge in [0.05, 0.1) is 63.8 Å². The minimum absolute atomic E-state index is 0.0170. The summed E-state index contributed by atoms with van der Waals surface area (Å²) in [5.41, 5.74) is 2.66. The number of rotatable bonds is 4. The molecule has 2 bridgehead atoms. The molecule has 1 aromatic carbocycles. The van der Waals surface area contributed by atoms with E-state index in [4.69, 9.17) is 23.2 Å². The Labute approximate surface area is 261 Å². The number of aryl methyl sites for hydroxylation is 1. The van der Waals surface area contributed by atoms with Gasteiger partial charge in [-0.3, -0.25) is 23.8 Å². The van der Waals surface area contributed by atoms with Gasteiger partial charge in [-0.1, -0.05) is 48.7 Å². The van der Waals surface area contributed by atoms with Gasteiger partial charge in [0.1, 0.15) is 0 Å². The SMILES string of the molecule is CC(C)[C@@H]1CCC[C@H](n2cnc(-c3c(-n4cc(Cl)nn4)ccc(Cl)c3F)cc2=O)c2cc(ccn2)-c2c(cnn2C)NC1=O. The van der Waals surface area contributed by atoms with E-state index >= 15 is 4.39 Å². The molecule has 11 nitrogen and oxygen atoms in total. The predicted molar refractivity (Wildman–Crippen MR) is 164 cm³/mol. The monoisotopic (exact) mass is 635 g/mol. The molecule has 0 saturated carbocycles. The van der Waals surface area contributed by atoms with Gasteiger partial charge in [0.15, 0.2) is 11.0 Å². The first-order valence-electron chi connectivity index (χ1n) is 14.1. The molecule has 5 heterocycles. The summed E-state index contributed by atoms with van der Waals surface area (Å²) < 4.78 is 19.9. The Bertz CT molecular complexity index is 1930. The molecule has 2 atom stereocenters. The van der Waals surface area contributed by atoms with Crippen LogP contribution in [-0.4, -0.2) is 45.2 Å². The van der Waals surface area contributed by atoms with Crippen molar-refractivity contribution in [1.82, 2.24) is 39.3 Å². The van der Waals surface area contributed by atoms with E-state index < -0.39 is 17.4 Å². The van der Waals surface area contributed by atoms with Gasteiger partial charge in [-0.05, 0) is 43.0 Å². The van der Waals surface area contributed by atoms with E-state index in [1.54, 1.807) is 30.2 Å². The smallest absolute Gasteiger partial charge is 0.254 e. The summed E-state index contributed by atoms with van der Waals surface area (Å²) >= 11 is 12.1. The second kappa shape index (κ2) is 11.9. The maximum atomic E-state index is 15.5. The molecule has 226 valence electrons. The Morgan fingerprint density at radius 1 is 1.09 bits per heavy atom. The van der Waals surface area contributed by atoms with E-state index in [-0.39, 0.29) is 44.9 Å². The number of pyridine rings is 1. The van der Waals surface area contributed by atoms with Crippen LogP contribution in [0.5, 0.6) is 0 Å². The number of halogens is 3. The van der Waals surface area contributed by atoms with E-state index in [0.29, 0.717) is 30.6 Å². The fourth-order valence-electron chi connectivity index (χ4n) is 5.72. The predicted octanol–water partition coefficient (Wildman–Crippen LogP) is 5.72. The van der Waals surface area contributed by atoms with E-state index in [1.165, 1.54) is 33.9 Å². The molecule has 6 rings (SSSR count). The van der Waals surface area contributed by atoms with Gasteiger partial charge in [0.2, 0.25) is 5.91 Å². The second-order valence-electron chi connectivity index (χ2n) is 11.0. The molecule has 0 spiro atoms. The minimum Gasteiger partial charge on any atom is -0.323 e. The highest BCUT2D eigenvalue weighted by atomic mass is 35.5. The third-order valence-corrected chi connectivity index (χ3v) is 8.40. The summed E-state index contributed by atoms with van der Waals surface area (Å²) in [6.45, 7) is 4.04. The Morgan fingerprint density at radius 2 is 1.91 bits per heavy atom. The van der Waals surface area contributed by atoms with Crippen molar-refractivity contribution in [2.75, 3.05) is 5.32 Å². The van der Waals surface area contributed by atoms with Gasteiger partial charge < -0.3 is 5.32 Å². The number of hydrogen-bond acceptors (Lipinski definition) is 7. The Morgan fingerprint density at radius 3 is 2.64 bits per heavy atom. The molecule has 1 aliphatic rings. The number of anilines is 1. The van der Waals surface area contributed by atoms with E-state index in [2.05, 4.69) is 30.7 Å². The van der Waals surface area contributed by atoms with Crippen molar-refractivity contribution in [1.29, 1.82) is 0 Å². The molecule has 0 fully saturated rings. The molecule has 14 heteroatoms. The van der Waals surface area contributed by atoms with Crippen LogP contribution in [0.2, 0.25) is 10.2 Å². The van der Waals surface area contributed by atoms with Gasteiger partial charge in [-0.25, -0.2) is 14.1 Å². The normalized spacial score (nSPS) is 17.1. The lowest BCUT2D eigenvalue weighted by molar-refractivity contribution is -0.121. The number of carbonyl (C=O) groups is 1. The first-order valence-corrected chi connectivity index (χ1v) is 14.8. The summed E-state index contributed by atoms with van der Waals surface area (Å²) in [4.78, 5) is 36.3. The van der Waals surface area contributed by atoms with Crippen molar-refractivity contribution in [3.05, 3.63) is 87.3 Å². The fourth-order valence-corrected chi connectivity index (χ4v) is 6.00. The van der Waals surface area contributed by atoms with Crippen molar-refractivity contribution in [3.63, 3.8) is 0 Å². The summed E-state index contributed by atoms with van der Waals surface area (Å²) in [7, 11) is 1.80. The number of amides is 1. The molecule has 5 aromatic rings. The number of nitrogens with one attached hydrogen (secondary N) is 1. The topological polar surface area (TPSA) is 125 Å². The van der Waals surface area contributed by atoms with Crippen LogP contribution in [0.4, 0.5) is 10.1 Å². The molecule has 0 radical (unpaired) electrons. The summed E-state index contributed by atoms with van der Waals surface area (Å²) in [6.07, 6.45) is 7.87. The number of hydrogen-bond donors (Lipinski definition) is 1. The Kier molecular flexibility index (Phi) is 8.04. The number of carbonyl (C=O) groups excluding carboxylic acids is 1. The first kappa shape index (κ1) is 29.6. The number of nitrogens with zero attached hydrogens (tertiary/aromatic N) is 8. The summed E-state index contributed by atoms with van der Waals surface area (Å²) in [6, 6.07) is 7.42. The van der Waals surface area contributed by atoms with Gasteiger partial charge >= 0.3 is 0 Å². The fraction of sp³-hybridized carbons (Fsp3) is 0.300. The van der Waals surface area contributed by atoms with Crippen LogP contribution in [-0.2, 0) is 11.8 Å². The van der Waals surface area contributed by atoms with Crippen molar-refractivity contribution in [3.8, 4) is 28.2 Å². The highest BCUT2D eigenvalue weighted by molar-refractivity contribution is 6.31. The minimum atomic E-state index is -0.759. The third-order valence-electron chi connectivity index (χ3n) is 7.94. The maximum absolute atomic E-state index is 15.5. The lowest BCUT2D eigenvalue weighted by Gasteiger charge is -2.24. The number of aromatic nitrogens is 8. The molecule has 1 aliphatic heterocycles. The summed E-state index contributed by atoms with van der Waals surface area (Å²) in [5.74, 6) is -0.985. The molecule has 1 amide bonds. The van der Waals surface area contributed by atoms with Crippen LogP contribution in [0.25, 0.3) is 28.2 Å². The molecule has 0 unspecified atom stereocenters. The Balaban J connectivity index is 1.46. The molecule has 44 heavy (non-hydrogen) atoms. The average molecular weight is 637 g/mol. The Hall–Kier alpha value is -4.42. The van der Waals surface area contributed by atoms with Crippen LogP contribution in [0.15, 0.2) is 60.0 Å². The van der Waals surface area contributed by atoms with Crippen LogP contribution in [0, 0.1) is 17.7 Å². The van der Waals surface area contributed by atoms with Crippen LogP contribution in [0.3, 0.4) is 0 Å². The lowest BCUT2D eigenvalue weighted by Crippen LogP contribution is -2.29. The molecule has 4 aromatic heterocycles. The first-order chi connectivity index (χ1) is 21.1. The average Bonchev–Trinajstić information content (AvgIpc) is 3.58. The molecular formula is C30H28Cl2FN9O2. The highest BCUT2D eigenvalue weighted by Crippen LogP contribution is 2.35. The largest absolute Gasteiger partial charge is 0.323 e. The van der Waals surface area contributed by atoms with Crippen molar-refractivity contribution in [2.24, 2.45) is 18.9 Å². The van der Waals surface area contributed by atoms with Gasteiger partial charge in [0.25, 0.3) is 5.56 Å². The van der Waals surface area contributed by atoms with E-state index in [9.17, 15) is 9.59 Å². The second-order valence-corrected chi connectivity index (χ2v) is 11.8. The highest BCUT2D eigenvalue weighted by Gasteiger charge is 2.28. The molecule has 1 N–H and O–H groups in total. The van der Waals surface area contributed by atoms with Crippen LogP contribution < -0.4 is 10.9 Å². The molecular weight excluding hydrogens is 608 g/mol. The maximum Gasteiger partial charge on any atom is 0.254 e. The number of benzene rings is 1. The zero-order chi connectivity index (χ0) is 31.1. The number of fused-ring (bicyclic) bond motifs is 4. The van der Waals surface area contributed by atoms with E-state index in [0.717, 1.165) is 11.3 Å². The standard InChI is InChI=1S/C30H28Cl2FN9O2/c1-16(2)18-5-4-6-23(20-11-17(9-10-34-20)29-22(37-30(18)44)13-36-40(29)3)41-15-35-21(12-26(41)43)27-24(8-7-19(31)28(27)33)42-14-25(32)38-39-42/h7-16,18,23H,4-6H2,1-3H3,(H,37,44)/t18-,23-/m0/s1. The molecule has 0 aliphatic carbocycles. The van der Waals surface area contributed by atoms with Crippen molar-refractivity contribution < 1.29 is 9.18 Å². The van der Waals surface area contributed by atoms with E-state index in [1.807, 2.05) is 26.0 Å². The summed E-state index contributed by atoms with van der Waals surface area (Å²) in [5, 5.41) is 15.1. The van der Waals surface area contributed by atoms with Crippen LogP contribution in [0.1, 0.15) is 44.8 Å². The zero-order valence-corrected chi connectivity index (χ0v) is 25.6.